The highest BCUT2D eigenvalue weighted by Gasteiger charge is 2.12. The van der Waals surface area contributed by atoms with Crippen molar-refractivity contribution in [1.29, 1.82) is 0 Å². The quantitative estimate of drug-likeness (QED) is 0.632. The average Bonchev–Trinajstić information content (AvgIpc) is 2.42. The fourth-order valence-corrected chi connectivity index (χ4v) is 1.54. The van der Waals surface area contributed by atoms with Gasteiger partial charge in [-0.2, -0.15) is 0 Å². The first-order valence-corrected chi connectivity index (χ1v) is 5.43. The molecule has 2 aromatic rings. The van der Waals surface area contributed by atoms with E-state index < -0.39 is 6.10 Å². The number of para-hydroxylation sites is 1. The van der Waals surface area contributed by atoms with Gasteiger partial charge in [-0.25, -0.2) is 4.89 Å². The molecule has 88 valence electrons. The molecule has 0 aliphatic rings. The molecule has 1 N–H and O–H groups in total. The summed E-state index contributed by atoms with van der Waals surface area (Å²) in [4.78, 5) is 4.43. The van der Waals surface area contributed by atoms with Crippen molar-refractivity contribution in [2.24, 2.45) is 0 Å². The lowest BCUT2D eigenvalue weighted by molar-refractivity contribution is -0.286. The van der Waals surface area contributed by atoms with Gasteiger partial charge in [-0.15, -0.1) is 0 Å². The summed E-state index contributed by atoms with van der Waals surface area (Å²) in [6.07, 6.45) is -0.476. The van der Waals surface area contributed by atoms with E-state index in [4.69, 9.17) is 9.99 Å². The van der Waals surface area contributed by atoms with Crippen LogP contribution in [-0.2, 0) is 4.89 Å². The van der Waals surface area contributed by atoms with Crippen molar-refractivity contribution in [3.8, 4) is 5.75 Å². The van der Waals surface area contributed by atoms with E-state index in [0.29, 0.717) is 0 Å². The van der Waals surface area contributed by atoms with Gasteiger partial charge in [0.2, 0.25) is 0 Å². The van der Waals surface area contributed by atoms with Crippen molar-refractivity contribution in [2.75, 3.05) is 6.61 Å². The Kier molecular flexibility index (Phi) is 4.13. The molecule has 0 bridgehead atoms. The van der Waals surface area contributed by atoms with Crippen LogP contribution in [0.15, 0.2) is 60.7 Å². The molecule has 0 fully saturated rings. The van der Waals surface area contributed by atoms with Crippen LogP contribution in [0.2, 0.25) is 0 Å². The molecule has 1 unspecified atom stereocenters. The first kappa shape index (κ1) is 11.6. The number of hydrogen-bond donors (Lipinski definition) is 1. The van der Waals surface area contributed by atoms with Gasteiger partial charge >= 0.3 is 0 Å². The van der Waals surface area contributed by atoms with E-state index in [2.05, 4.69) is 4.89 Å². The van der Waals surface area contributed by atoms with Crippen LogP contribution in [0.3, 0.4) is 0 Å². The minimum Gasteiger partial charge on any atom is -0.490 e. The van der Waals surface area contributed by atoms with Gasteiger partial charge in [0.05, 0.1) is 0 Å². The van der Waals surface area contributed by atoms with Gasteiger partial charge in [0.25, 0.3) is 0 Å². The normalized spacial score (nSPS) is 12.1. The van der Waals surface area contributed by atoms with Crippen LogP contribution in [0.5, 0.6) is 5.75 Å². The predicted octanol–water partition coefficient (Wildman–Crippen LogP) is 3.30. The molecule has 17 heavy (non-hydrogen) atoms. The van der Waals surface area contributed by atoms with Gasteiger partial charge in [0, 0.05) is 0 Å². The van der Waals surface area contributed by atoms with Crippen LogP contribution in [0.25, 0.3) is 0 Å². The molecule has 3 heteroatoms. The third-order valence-corrected chi connectivity index (χ3v) is 2.44. The van der Waals surface area contributed by atoms with Crippen LogP contribution >= 0.6 is 0 Å². The summed E-state index contributed by atoms with van der Waals surface area (Å²) in [5.41, 5.74) is 0.880. The van der Waals surface area contributed by atoms with Gasteiger partial charge in [-0.1, -0.05) is 48.5 Å². The van der Waals surface area contributed by atoms with Gasteiger partial charge in [0.15, 0.2) is 6.10 Å². The third-order valence-electron chi connectivity index (χ3n) is 2.44. The summed E-state index contributed by atoms with van der Waals surface area (Å²) in [6, 6.07) is 18.9. The summed E-state index contributed by atoms with van der Waals surface area (Å²) in [5.74, 6) is 0.755. The maximum absolute atomic E-state index is 8.88. The summed E-state index contributed by atoms with van der Waals surface area (Å²) < 4.78 is 5.53. The van der Waals surface area contributed by atoms with Crippen molar-refractivity contribution in [3.05, 3.63) is 66.2 Å². The van der Waals surface area contributed by atoms with Crippen molar-refractivity contribution in [2.45, 2.75) is 6.10 Å². The van der Waals surface area contributed by atoms with Crippen LogP contribution in [0.4, 0.5) is 0 Å². The van der Waals surface area contributed by atoms with Crippen molar-refractivity contribution >= 4 is 0 Å². The lowest BCUT2D eigenvalue weighted by Gasteiger charge is -2.14. The molecular formula is C14H14O3. The third kappa shape index (κ3) is 3.31. The number of ether oxygens (including phenoxy) is 1. The fraction of sp³-hybridized carbons (Fsp3) is 0.143. The second-order valence-corrected chi connectivity index (χ2v) is 3.63. The number of benzene rings is 2. The Bertz CT molecular complexity index is 428. The largest absolute Gasteiger partial charge is 0.490 e. The van der Waals surface area contributed by atoms with Gasteiger partial charge in [-0.05, 0) is 17.7 Å². The summed E-state index contributed by atoms with van der Waals surface area (Å²) >= 11 is 0. The van der Waals surface area contributed by atoms with Gasteiger partial charge in [-0.3, -0.25) is 5.26 Å². The molecule has 0 aliphatic heterocycles. The van der Waals surface area contributed by atoms with Crippen LogP contribution < -0.4 is 4.74 Å². The molecule has 2 rings (SSSR count). The minimum atomic E-state index is -0.476. The minimum absolute atomic E-state index is 0.268. The molecule has 0 saturated carbocycles. The first-order valence-electron chi connectivity index (χ1n) is 5.43. The Balaban J connectivity index is 1.97. The second kappa shape index (κ2) is 6.03. The molecule has 2 aromatic carbocycles. The molecule has 0 spiro atoms. The predicted molar refractivity (Wildman–Crippen MR) is 64.8 cm³/mol. The molecule has 0 saturated heterocycles. The van der Waals surface area contributed by atoms with Gasteiger partial charge < -0.3 is 4.74 Å². The highest BCUT2D eigenvalue weighted by molar-refractivity contribution is 5.22. The maximum atomic E-state index is 8.88. The molecule has 0 aromatic heterocycles. The second-order valence-electron chi connectivity index (χ2n) is 3.63. The zero-order valence-corrected chi connectivity index (χ0v) is 9.32. The average molecular weight is 230 g/mol. The van der Waals surface area contributed by atoms with E-state index in [1.807, 2.05) is 60.7 Å². The smallest absolute Gasteiger partial charge is 0.152 e. The molecule has 0 amide bonds. The Labute approximate surface area is 100 Å². The van der Waals surface area contributed by atoms with E-state index in [-0.39, 0.29) is 6.61 Å². The Morgan fingerprint density at radius 2 is 1.47 bits per heavy atom. The molecule has 0 aliphatic carbocycles. The molecule has 0 radical (unpaired) electrons. The van der Waals surface area contributed by atoms with E-state index >= 15 is 0 Å². The SMILES string of the molecule is OOC(COc1ccccc1)c1ccccc1. The Morgan fingerprint density at radius 3 is 2.06 bits per heavy atom. The van der Waals surface area contributed by atoms with Crippen molar-refractivity contribution < 1.29 is 14.9 Å². The van der Waals surface area contributed by atoms with Gasteiger partial charge in [0.1, 0.15) is 12.4 Å². The molecule has 0 heterocycles. The Hall–Kier alpha value is -1.84. The zero-order valence-electron chi connectivity index (χ0n) is 9.32. The molecular weight excluding hydrogens is 216 g/mol. The monoisotopic (exact) mass is 230 g/mol. The molecule has 1 atom stereocenters. The van der Waals surface area contributed by atoms with E-state index in [0.717, 1.165) is 11.3 Å². The lowest BCUT2D eigenvalue weighted by atomic mass is 10.1. The standard InChI is InChI=1S/C14H14O3/c15-17-14(12-7-3-1-4-8-12)11-16-13-9-5-2-6-10-13/h1-10,14-15H,11H2. The number of hydrogen-bond acceptors (Lipinski definition) is 3. The first-order chi connectivity index (χ1) is 8.40. The maximum Gasteiger partial charge on any atom is 0.152 e. The van der Waals surface area contributed by atoms with E-state index in [1.165, 1.54) is 0 Å². The van der Waals surface area contributed by atoms with E-state index in [9.17, 15) is 0 Å². The summed E-state index contributed by atoms with van der Waals surface area (Å²) in [5, 5.41) is 8.88. The lowest BCUT2D eigenvalue weighted by Crippen LogP contribution is -2.12. The Morgan fingerprint density at radius 1 is 0.882 bits per heavy atom. The highest BCUT2D eigenvalue weighted by atomic mass is 17.1. The molecule has 3 nitrogen and oxygen atoms in total. The fourth-order valence-electron chi connectivity index (χ4n) is 1.54. The zero-order chi connectivity index (χ0) is 11.9. The summed E-state index contributed by atoms with van der Waals surface area (Å²) in [6.45, 7) is 0.268. The van der Waals surface area contributed by atoms with Crippen molar-refractivity contribution in [3.63, 3.8) is 0 Å². The summed E-state index contributed by atoms with van der Waals surface area (Å²) in [7, 11) is 0. The van der Waals surface area contributed by atoms with Crippen LogP contribution in [-0.4, -0.2) is 11.9 Å². The van der Waals surface area contributed by atoms with Crippen LogP contribution in [0, 0.1) is 0 Å². The topological polar surface area (TPSA) is 38.7 Å². The highest BCUT2D eigenvalue weighted by Crippen LogP contribution is 2.18. The van der Waals surface area contributed by atoms with Crippen LogP contribution in [0.1, 0.15) is 11.7 Å². The van der Waals surface area contributed by atoms with E-state index in [1.54, 1.807) is 0 Å². The number of rotatable bonds is 5. The van der Waals surface area contributed by atoms with Crippen molar-refractivity contribution in [1.82, 2.24) is 0 Å².